The van der Waals surface area contributed by atoms with E-state index in [1.54, 1.807) is 30.3 Å². The van der Waals surface area contributed by atoms with Crippen molar-refractivity contribution in [2.45, 2.75) is 13.8 Å². The number of hydrogen-bond acceptors (Lipinski definition) is 6. The lowest BCUT2D eigenvalue weighted by molar-refractivity contribution is 0.0602. The van der Waals surface area contributed by atoms with Crippen LogP contribution in [-0.4, -0.2) is 42.0 Å². The Kier molecular flexibility index (Phi) is 5.83. The van der Waals surface area contributed by atoms with Crippen LogP contribution in [0.2, 0.25) is 0 Å². The molecule has 0 saturated heterocycles. The number of carbonyl (C=O) groups is 2. The summed E-state index contributed by atoms with van der Waals surface area (Å²) in [5, 5.41) is 2.70. The van der Waals surface area contributed by atoms with Gasteiger partial charge in [0.2, 0.25) is 0 Å². The molecular weight excluding hydrogens is 308 g/mol. The highest BCUT2D eigenvalue weighted by Crippen LogP contribution is 2.18. The first kappa shape index (κ1) is 17.4. The monoisotopic (exact) mass is 328 g/mol. The zero-order valence-corrected chi connectivity index (χ0v) is 13.9. The van der Waals surface area contributed by atoms with Crippen molar-refractivity contribution in [3.63, 3.8) is 0 Å². The summed E-state index contributed by atoms with van der Waals surface area (Å²) < 4.78 is 4.72. The molecular formula is C17H20N4O3. The first-order chi connectivity index (χ1) is 11.6. The van der Waals surface area contributed by atoms with Crippen molar-refractivity contribution in [2.75, 3.05) is 30.4 Å². The number of rotatable bonds is 6. The lowest BCUT2D eigenvalue weighted by Crippen LogP contribution is -2.24. The predicted octanol–water partition coefficient (Wildman–Crippen LogP) is 2.36. The maximum absolute atomic E-state index is 12.5. The number of nitrogens with zero attached hydrogens (tertiary/aromatic N) is 3. The largest absolute Gasteiger partial charge is 0.465 e. The number of para-hydroxylation sites is 1. The summed E-state index contributed by atoms with van der Waals surface area (Å²) in [5.74, 6) is -0.249. The lowest BCUT2D eigenvalue weighted by atomic mass is 10.1. The average molecular weight is 328 g/mol. The molecule has 0 bridgehead atoms. The molecule has 0 unspecified atom stereocenters. The van der Waals surface area contributed by atoms with Crippen LogP contribution in [0.15, 0.2) is 36.7 Å². The highest BCUT2D eigenvalue weighted by molar-refractivity contribution is 6.07. The van der Waals surface area contributed by atoms with Gasteiger partial charge in [-0.25, -0.2) is 14.8 Å². The molecule has 2 aromatic rings. The number of methoxy groups -OCH3 is 1. The molecule has 7 nitrogen and oxygen atoms in total. The van der Waals surface area contributed by atoms with Crippen molar-refractivity contribution in [1.29, 1.82) is 0 Å². The van der Waals surface area contributed by atoms with Crippen LogP contribution in [0.4, 0.5) is 11.5 Å². The molecule has 24 heavy (non-hydrogen) atoms. The summed E-state index contributed by atoms with van der Waals surface area (Å²) in [4.78, 5) is 34.4. The van der Waals surface area contributed by atoms with Gasteiger partial charge in [0.1, 0.15) is 17.8 Å². The van der Waals surface area contributed by atoms with Crippen molar-refractivity contribution in [3.05, 3.63) is 47.9 Å². The van der Waals surface area contributed by atoms with Crippen molar-refractivity contribution in [2.24, 2.45) is 0 Å². The second-order valence-electron chi connectivity index (χ2n) is 4.93. The minimum absolute atomic E-state index is 0.228. The van der Waals surface area contributed by atoms with Gasteiger partial charge in [-0.1, -0.05) is 12.1 Å². The van der Waals surface area contributed by atoms with Gasteiger partial charge in [-0.15, -0.1) is 0 Å². The fourth-order valence-electron chi connectivity index (χ4n) is 2.26. The molecule has 0 aliphatic heterocycles. The van der Waals surface area contributed by atoms with Gasteiger partial charge in [-0.2, -0.15) is 0 Å². The molecule has 0 saturated carbocycles. The number of aromatic nitrogens is 2. The van der Waals surface area contributed by atoms with Gasteiger partial charge in [0, 0.05) is 19.2 Å². The van der Waals surface area contributed by atoms with Gasteiger partial charge >= 0.3 is 5.97 Å². The first-order valence-corrected chi connectivity index (χ1v) is 7.66. The van der Waals surface area contributed by atoms with E-state index < -0.39 is 11.9 Å². The summed E-state index contributed by atoms with van der Waals surface area (Å²) in [6.07, 6.45) is 1.36. The molecule has 1 aromatic carbocycles. The summed E-state index contributed by atoms with van der Waals surface area (Å²) in [6.45, 7) is 5.58. The van der Waals surface area contributed by atoms with E-state index in [4.69, 9.17) is 4.74 Å². The second kappa shape index (κ2) is 8.05. The Hall–Kier alpha value is -2.96. The maximum Gasteiger partial charge on any atom is 0.339 e. The Morgan fingerprint density at radius 1 is 1.17 bits per heavy atom. The Morgan fingerprint density at radius 3 is 2.54 bits per heavy atom. The van der Waals surface area contributed by atoms with Crippen LogP contribution in [0, 0.1) is 0 Å². The Labute approximate surface area is 140 Å². The van der Waals surface area contributed by atoms with Gasteiger partial charge in [-0.3, -0.25) is 4.79 Å². The van der Waals surface area contributed by atoms with Crippen LogP contribution in [0.5, 0.6) is 0 Å². The number of ether oxygens (including phenoxy) is 1. The van der Waals surface area contributed by atoms with E-state index in [0.29, 0.717) is 11.5 Å². The van der Waals surface area contributed by atoms with Crippen molar-refractivity contribution in [3.8, 4) is 0 Å². The molecule has 0 aliphatic carbocycles. The topological polar surface area (TPSA) is 84.4 Å². The highest BCUT2D eigenvalue weighted by Gasteiger charge is 2.16. The fourth-order valence-corrected chi connectivity index (χ4v) is 2.26. The summed E-state index contributed by atoms with van der Waals surface area (Å²) in [7, 11) is 1.29. The SMILES string of the molecule is CCN(CC)c1cc(C(=O)Nc2ccccc2C(=O)OC)ncn1. The zero-order chi connectivity index (χ0) is 17.5. The number of amides is 1. The second-order valence-corrected chi connectivity index (χ2v) is 4.93. The van der Waals surface area contributed by atoms with E-state index >= 15 is 0 Å². The smallest absolute Gasteiger partial charge is 0.339 e. The Bertz CT molecular complexity index is 729. The van der Waals surface area contributed by atoms with Crippen molar-refractivity contribution in [1.82, 2.24) is 9.97 Å². The highest BCUT2D eigenvalue weighted by atomic mass is 16.5. The van der Waals surface area contributed by atoms with E-state index in [-0.39, 0.29) is 11.3 Å². The summed E-state index contributed by atoms with van der Waals surface area (Å²) >= 11 is 0. The molecule has 126 valence electrons. The number of anilines is 2. The van der Waals surface area contributed by atoms with Crippen LogP contribution in [-0.2, 0) is 4.74 Å². The summed E-state index contributed by atoms with van der Waals surface area (Å²) in [6, 6.07) is 8.27. The average Bonchev–Trinajstić information content (AvgIpc) is 2.63. The van der Waals surface area contributed by atoms with E-state index in [9.17, 15) is 9.59 Å². The van der Waals surface area contributed by atoms with Crippen LogP contribution < -0.4 is 10.2 Å². The van der Waals surface area contributed by atoms with Gasteiger partial charge in [0.15, 0.2) is 0 Å². The Morgan fingerprint density at radius 2 is 1.88 bits per heavy atom. The molecule has 0 atom stereocenters. The predicted molar refractivity (Wildman–Crippen MR) is 91.3 cm³/mol. The van der Waals surface area contributed by atoms with E-state index in [1.807, 2.05) is 18.7 Å². The molecule has 1 amide bonds. The van der Waals surface area contributed by atoms with Gasteiger partial charge in [0.25, 0.3) is 5.91 Å². The van der Waals surface area contributed by atoms with Crippen LogP contribution in [0.3, 0.4) is 0 Å². The minimum atomic E-state index is -0.516. The van der Waals surface area contributed by atoms with Crippen molar-refractivity contribution < 1.29 is 14.3 Å². The fraction of sp³-hybridized carbons (Fsp3) is 0.294. The Balaban J connectivity index is 2.25. The number of carbonyl (C=O) groups excluding carboxylic acids is 2. The standard InChI is InChI=1S/C17H20N4O3/c1-4-21(5-2)15-10-14(18-11-19-15)16(22)20-13-9-7-6-8-12(13)17(23)24-3/h6-11H,4-5H2,1-3H3,(H,20,22). The molecule has 7 heteroatoms. The molecule has 2 rings (SSSR count). The molecule has 1 aromatic heterocycles. The minimum Gasteiger partial charge on any atom is -0.465 e. The normalized spacial score (nSPS) is 10.1. The quantitative estimate of drug-likeness (QED) is 0.820. The molecule has 0 spiro atoms. The molecule has 1 heterocycles. The number of hydrogen-bond donors (Lipinski definition) is 1. The molecule has 0 radical (unpaired) electrons. The van der Waals surface area contributed by atoms with E-state index in [0.717, 1.165) is 13.1 Å². The summed E-state index contributed by atoms with van der Waals surface area (Å²) in [5.41, 5.74) is 0.885. The molecule has 0 fully saturated rings. The zero-order valence-electron chi connectivity index (χ0n) is 13.9. The van der Waals surface area contributed by atoms with Crippen molar-refractivity contribution >= 4 is 23.4 Å². The van der Waals surface area contributed by atoms with Crippen LogP contribution in [0.1, 0.15) is 34.7 Å². The van der Waals surface area contributed by atoms with Crippen LogP contribution >= 0.6 is 0 Å². The van der Waals surface area contributed by atoms with Crippen LogP contribution in [0.25, 0.3) is 0 Å². The third-order valence-corrected chi connectivity index (χ3v) is 3.55. The third-order valence-electron chi connectivity index (χ3n) is 3.55. The number of nitrogens with one attached hydrogen (secondary N) is 1. The van der Waals surface area contributed by atoms with E-state index in [2.05, 4.69) is 15.3 Å². The number of benzene rings is 1. The molecule has 1 N–H and O–H groups in total. The van der Waals surface area contributed by atoms with Gasteiger partial charge in [0.05, 0.1) is 18.4 Å². The first-order valence-electron chi connectivity index (χ1n) is 7.66. The number of esters is 1. The third kappa shape index (κ3) is 3.87. The lowest BCUT2D eigenvalue weighted by Gasteiger charge is -2.19. The van der Waals surface area contributed by atoms with Gasteiger partial charge < -0.3 is 15.0 Å². The molecule has 0 aliphatic rings. The van der Waals surface area contributed by atoms with E-state index in [1.165, 1.54) is 13.4 Å². The maximum atomic E-state index is 12.5. The van der Waals surface area contributed by atoms with Gasteiger partial charge in [-0.05, 0) is 26.0 Å².